The van der Waals surface area contributed by atoms with Gasteiger partial charge in [0.05, 0.1) is 30.2 Å². The Bertz CT molecular complexity index is 553. The Morgan fingerprint density at radius 3 is 2.59 bits per heavy atom. The van der Waals surface area contributed by atoms with E-state index in [1.165, 1.54) is 25.3 Å². The maximum Gasteiger partial charge on any atom is 0.345 e. The highest BCUT2D eigenvalue weighted by molar-refractivity contribution is 7.15. The molecule has 0 saturated carbocycles. The number of hydrogen-bond acceptors (Lipinski definition) is 5. The monoisotopic (exact) mass is 324 g/mol. The van der Waals surface area contributed by atoms with Crippen molar-refractivity contribution in [3.8, 4) is 0 Å². The fourth-order valence-corrected chi connectivity index (χ4v) is 3.85. The van der Waals surface area contributed by atoms with Crippen LogP contribution in [0.4, 0.5) is 0 Å². The summed E-state index contributed by atoms with van der Waals surface area (Å²) in [6.45, 7) is 3.28. The molecule has 0 aromatic carbocycles. The number of carbonyl (C=O) groups is 2. The molecule has 7 heteroatoms. The number of carboxylic acid groups (broad SMARTS) is 1. The van der Waals surface area contributed by atoms with E-state index in [2.05, 4.69) is 10.2 Å². The van der Waals surface area contributed by atoms with E-state index in [1.807, 2.05) is 0 Å². The van der Waals surface area contributed by atoms with E-state index in [9.17, 15) is 9.59 Å². The van der Waals surface area contributed by atoms with Crippen molar-refractivity contribution in [1.29, 1.82) is 0 Å². The molecule has 120 valence electrons. The van der Waals surface area contributed by atoms with Crippen LogP contribution in [0.3, 0.4) is 0 Å². The lowest BCUT2D eigenvalue weighted by atomic mass is 10.0. The quantitative estimate of drug-likeness (QED) is 0.876. The van der Waals surface area contributed by atoms with E-state index in [-0.39, 0.29) is 22.9 Å². The second-order valence-electron chi connectivity index (χ2n) is 5.75. The minimum Gasteiger partial charge on any atom is -0.477 e. The Kier molecular flexibility index (Phi) is 4.75. The van der Waals surface area contributed by atoms with Gasteiger partial charge in [-0.1, -0.05) is 6.42 Å². The number of nitrogens with one attached hydrogen (secondary N) is 1. The zero-order chi connectivity index (χ0) is 15.5. The van der Waals surface area contributed by atoms with Crippen molar-refractivity contribution in [3.05, 3.63) is 21.9 Å². The van der Waals surface area contributed by atoms with Gasteiger partial charge >= 0.3 is 5.97 Å². The topological polar surface area (TPSA) is 78.9 Å². The molecule has 22 heavy (non-hydrogen) atoms. The molecule has 0 spiro atoms. The van der Waals surface area contributed by atoms with Crippen LogP contribution in [-0.4, -0.2) is 60.3 Å². The molecule has 1 aromatic rings. The van der Waals surface area contributed by atoms with Gasteiger partial charge < -0.3 is 15.2 Å². The fraction of sp³-hybridized carbons (Fsp3) is 0.600. The van der Waals surface area contributed by atoms with Gasteiger partial charge in [-0.2, -0.15) is 0 Å². The molecule has 2 N–H and O–H groups in total. The van der Waals surface area contributed by atoms with E-state index < -0.39 is 5.97 Å². The first kappa shape index (κ1) is 15.5. The Balaban J connectivity index is 1.63. The van der Waals surface area contributed by atoms with Crippen molar-refractivity contribution in [2.45, 2.75) is 31.3 Å². The summed E-state index contributed by atoms with van der Waals surface area (Å²) < 4.78 is 5.56. The van der Waals surface area contributed by atoms with Crippen molar-refractivity contribution in [2.75, 3.05) is 26.3 Å². The van der Waals surface area contributed by atoms with Crippen LogP contribution in [0.15, 0.2) is 12.1 Å². The lowest BCUT2D eigenvalue weighted by molar-refractivity contribution is 0.0702. The zero-order valence-electron chi connectivity index (χ0n) is 12.3. The Hall–Kier alpha value is -1.44. The molecule has 1 aromatic heterocycles. The number of aromatic carboxylic acids is 1. The summed E-state index contributed by atoms with van der Waals surface area (Å²) in [5.41, 5.74) is 0. The Morgan fingerprint density at radius 1 is 1.18 bits per heavy atom. The molecule has 6 nitrogen and oxygen atoms in total. The molecule has 0 bridgehead atoms. The van der Waals surface area contributed by atoms with E-state index in [0.29, 0.717) is 18.1 Å². The largest absolute Gasteiger partial charge is 0.477 e. The van der Waals surface area contributed by atoms with Gasteiger partial charge in [0.2, 0.25) is 0 Å². The standard InChI is InChI=1S/C15H20N2O4S/c18-14(12-4-5-13(22-12)15(19)20)16-10-8-21-9-11(10)17-6-2-1-3-7-17/h4-5,10-11H,1-3,6-9H2,(H,16,18)(H,19,20)/t10-,11-/m0/s1. The molecule has 3 rings (SSSR count). The molecule has 2 aliphatic heterocycles. The molecule has 2 atom stereocenters. The smallest absolute Gasteiger partial charge is 0.345 e. The average molecular weight is 324 g/mol. The van der Waals surface area contributed by atoms with Crippen molar-refractivity contribution in [1.82, 2.24) is 10.2 Å². The van der Waals surface area contributed by atoms with E-state index in [0.717, 1.165) is 24.4 Å². The molecular weight excluding hydrogens is 304 g/mol. The molecule has 2 saturated heterocycles. The van der Waals surface area contributed by atoms with Crippen LogP contribution in [0.25, 0.3) is 0 Å². The lowest BCUT2D eigenvalue weighted by Crippen LogP contribution is -2.52. The SMILES string of the molecule is O=C(O)c1ccc(C(=O)N[C@H]2COC[C@@H]2N2CCCCC2)s1. The Morgan fingerprint density at radius 2 is 1.91 bits per heavy atom. The third-order valence-corrected chi connectivity index (χ3v) is 5.34. The molecule has 0 unspecified atom stereocenters. The van der Waals surface area contributed by atoms with Crippen molar-refractivity contribution >= 4 is 23.2 Å². The van der Waals surface area contributed by atoms with Crippen LogP contribution in [-0.2, 0) is 4.74 Å². The summed E-state index contributed by atoms with van der Waals surface area (Å²) in [6.07, 6.45) is 3.67. The molecule has 2 fully saturated rings. The van der Waals surface area contributed by atoms with Crippen molar-refractivity contribution < 1.29 is 19.4 Å². The minimum absolute atomic E-state index is 0.0269. The summed E-state index contributed by atoms with van der Waals surface area (Å²) in [6, 6.07) is 3.23. The third-order valence-electron chi connectivity index (χ3n) is 4.27. The van der Waals surface area contributed by atoms with Gasteiger partial charge in [-0.05, 0) is 38.1 Å². The predicted molar refractivity (Wildman–Crippen MR) is 82.6 cm³/mol. The van der Waals surface area contributed by atoms with Crippen LogP contribution in [0.1, 0.15) is 38.6 Å². The summed E-state index contributed by atoms with van der Waals surface area (Å²) >= 11 is 1.00. The highest BCUT2D eigenvalue weighted by atomic mass is 32.1. The number of hydrogen-bond donors (Lipinski definition) is 2. The first-order valence-electron chi connectivity index (χ1n) is 7.61. The average Bonchev–Trinajstić information content (AvgIpc) is 3.17. The fourth-order valence-electron chi connectivity index (χ4n) is 3.11. The number of ether oxygens (including phenoxy) is 1. The van der Waals surface area contributed by atoms with Crippen LogP contribution >= 0.6 is 11.3 Å². The number of likely N-dealkylation sites (tertiary alicyclic amines) is 1. The molecule has 3 heterocycles. The van der Waals surface area contributed by atoms with Gasteiger partial charge in [0.25, 0.3) is 5.91 Å². The number of nitrogens with zero attached hydrogens (tertiary/aromatic N) is 1. The maximum atomic E-state index is 12.3. The van der Waals surface area contributed by atoms with Gasteiger partial charge in [-0.25, -0.2) is 4.79 Å². The molecule has 2 aliphatic rings. The normalized spacial score (nSPS) is 26.0. The number of rotatable bonds is 4. The van der Waals surface area contributed by atoms with Crippen LogP contribution in [0.2, 0.25) is 0 Å². The number of amides is 1. The highest BCUT2D eigenvalue weighted by Gasteiger charge is 2.35. The number of carboxylic acids is 1. The summed E-state index contributed by atoms with van der Waals surface area (Å²) in [5, 5.41) is 11.9. The van der Waals surface area contributed by atoms with Gasteiger partial charge in [-0.15, -0.1) is 11.3 Å². The van der Waals surface area contributed by atoms with Crippen molar-refractivity contribution in [2.24, 2.45) is 0 Å². The second-order valence-corrected chi connectivity index (χ2v) is 6.83. The number of carbonyl (C=O) groups excluding carboxylic acids is 1. The number of thiophene rings is 1. The summed E-state index contributed by atoms with van der Waals surface area (Å²) in [5.74, 6) is -1.21. The molecule has 1 amide bonds. The third kappa shape index (κ3) is 3.31. The van der Waals surface area contributed by atoms with Crippen LogP contribution in [0.5, 0.6) is 0 Å². The zero-order valence-corrected chi connectivity index (χ0v) is 13.1. The van der Waals surface area contributed by atoms with Crippen LogP contribution in [0, 0.1) is 0 Å². The predicted octanol–water partition coefficient (Wildman–Crippen LogP) is 1.43. The minimum atomic E-state index is -1.00. The van der Waals surface area contributed by atoms with Gasteiger partial charge in [-0.3, -0.25) is 9.69 Å². The molecule has 0 radical (unpaired) electrons. The first-order chi connectivity index (χ1) is 10.6. The van der Waals surface area contributed by atoms with Gasteiger partial charge in [0, 0.05) is 0 Å². The van der Waals surface area contributed by atoms with Gasteiger partial charge in [0.1, 0.15) is 4.88 Å². The summed E-state index contributed by atoms with van der Waals surface area (Å²) in [7, 11) is 0. The van der Waals surface area contributed by atoms with E-state index in [1.54, 1.807) is 6.07 Å². The first-order valence-corrected chi connectivity index (χ1v) is 8.42. The summed E-state index contributed by atoms with van der Waals surface area (Å²) in [4.78, 5) is 26.2. The molecule has 0 aliphatic carbocycles. The van der Waals surface area contributed by atoms with Gasteiger partial charge in [0.15, 0.2) is 0 Å². The Labute approximate surface area is 133 Å². The lowest BCUT2D eigenvalue weighted by Gasteiger charge is -2.34. The van der Waals surface area contributed by atoms with E-state index >= 15 is 0 Å². The van der Waals surface area contributed by atoms with E-state index in [4.69, 9.17) is 9.84 Å². The molecular formula is C15H20N2O4S. The maximum absolute atomic E-state index is 12.3. The number of piperidine rings is 1. The van der Waals surface area contributed by atoms with Crippen molar-refractivity contribution in [3.63, 3.8) is 0 Å². The highest BCUT2D eigenvalue weighted by Crippen LogP contribution is 2.21. The van der Waals surface area contributed by atoms with Crippen LogP contribution < -0.4 is 5.32 Å². The second kappa shape index (κ2) is 6.76.